The number of aryl methyl sites for hydroxylation is 1. The van der Waals surface area contributed by atoms with Gasteiger partial charge in [-0.05, 0) is 48.9 Å². The zero-order valence-electron chi connectivity index (χ0n) is 25.4. The van der Waals surface area contributed by atoms with E-state index in [1.165, 1.54) is 0 Å². The smallest absolute Gasteiger partial charge is 0.224 e. The summed E-state index contributed by atoms with van der Waals surface area (Å²) < 4.78 is 5.15. The molecule has 7 heteroatoms. The van der Waals surface area contributed by atoms with Gasteiger partial charge in [0.15, 0.2) is 17.3 Å². The van der Waals surface area contributed by atoms with E-state index < -0.39 is 35.4 Å². The minimum atomic E-state index is -0.888. The molecule has 3 aromatic carbocycles. The highest BCUT2D eigenvalue weighted by atomic mass is 16.5. The van der Waals surface area contributed by atoms with Crippen molar-refractivity contribution in [1.82, 2.24) is 5.32 Å². The Morgan fingerprint density at radius 1 is 0.744 bits per heavy atom. The van der Waals surface area contributed by atoms with Crippen LogP contribution in [0.4, 0.5) is 0 Å². The fourth-order valence-corrected chi connectivity index (χ4v) is 4.94. The molecule has 0 aliphatic rings. The van der Waals surface area contributed by atoms with Gasteiger partial charge in [-0.2, -0.15) is 0 Å². The fraction of sp³-hybridized carbons (Fsp3) is 0.361. The topological polar surface area (TPSA) is 107 Å². The van der Waals surface area contributed by atoms with Crippen molar-refractivity contribution in [2.24, 2.45) is 17.8 Å². The van der Waals surface area contributed by atoms with Gasteiger partial charge in [-0.25, -0.2) is 0 Å². The summed E-state index contributed by atoms with van der Waals surface area (Å²) in [5.74, 6) is -2.98. The van der Waals surface area contributed by atoms with Crippen LogP contribution in [0, 0.1) is 17.8 Å². The summed E-state index contributed by atoms with van der Waals surface area (Å²) in [4.78, 5) is 65.5. The molecule has 0 radical (unpaired) electrons. The molecule has 0 saturated carbocycles. The Morgan fingerprint density at radius 3 is 1.93 bits per heavy atom. The van der Waals surface area contributed by atoms with Gasteiger partial charge in [-0.1, -0.05) is 86.6 Å². The number of benzene rings is 3. The molecule has 0 aliphatic carbocycles. The van der Waals surface area contributed by atoms with Gasteiger partial charge in [0.25, 0.3) is 0 Å². The summed E-state index contributed by atoms with van der Waals surface area (Å²) in [5.41, 5.74) is 2.33. The number of amides is 1. The van der Waals surface area contributed by atoms with Crippen LogP contribution in [0.1, 0.15) is 61.5 Å². The summed E-state index contributed by atoms with van der Waals surface area (Å²) in [5, 5.41) is 2.78. The Kier molecular flexibility index (Phi) is 12.6. The molecule has 1 N–H and O–H groups in total. The van der Waals surface area contributed by atoms with Gasteiger partial charge in [-0.3, -0.25) is 24.0 Å². The summed E-state index contributed by atoms with van der Waals surface area (Å²) in [7, 11) is 1.58. The van der Waals surface area contributed by atoms with Gasteiger partial charge >= 0.3 is 0 Å². The Bertz CT molecular complexity index is 1380. The molecule has 3 rings (SSSR count). The molecule has 3 aromatic rings. The molecule has 7 nitrogen and oxygen atoms in total. The van der Waals surface area contributed by atoms with Crippen molar-refractivity contribution in [3.8, 4) is 5.75 Å². The van der Waals surface area contributed by atoms with Crippen molar-refractivity contribution in [2.45, 2.75) is 58.9 Å². The standard InChI is InChI=1S/C36H41NO6/c1-24(2)31(35(41)32(38)20-17-26-15-18-30(43-4)19-16-26)23-33(39)25(3)37-36(42)29(21-27-11-7-5-8-12-27)22-34(40)28-13-9-6-10-14-28/h5-16,18-19,24-25,29,31H,17,20-23H2,1-4H3,(H,37,42)/t25-,29+,31-/m0/s1. The van der Waals surface area contributed by atoms with Crippen LogP contribution in [0.25, 0.3) is 0 Å². The van der Waals surface area contributed by atoms with Crippen LogP contribution in [0.15, 0.2) is 84.9 Å². The molecule has 226 valence electrons. The summed E-state index contributed by atoms with van der Waals surface area (Å²) in [6, 6.07) is 24.6. The van der Waals surface area contributed by atoms with E-state index in [0.717, 1.165) is 11.1 Å². The molecule has 0 fully saturated rings. The van der Waals surface area contributed by atoms with E-state index in [1.807, 2.05) is 48.5 Å². The lowest BCUT2D eigenvalue weighted by Crippen LogP contribution is -2.44. The Balaban J connectivity index is 1.63. The number of Topliss-reactive ketones (excluding diaryl/α,β-unsaturated/α-hetero) is 4. The minimum Gasteiger partial charge on any atom is -0.497 e. The third-order valence-corrected chi connectivity index (χ3v) is 7.70. The third-order valence-electron chi connectivity index (χ3n) is 7.70. The zero-order chi connectivity index (χ0) is 31.4. The maximum Gasteiger partial charge on any atom is 0.224 e. The molecule has 0 unspecified atom stereocenters. The Hall–Kier alpha value is -4.39. The molecular formula is C36H41NO6. The average Bonchev–Trinajstić information content (AvgIpc) is 3.02. The van der Waals surface area contributed by atoms with Crippen molar-refractivity contribution in [2.75, 3.05) is 7.11 Å². The van der Waals surface area contributed by atoms with Crippen LogP contribution in [0.5, 0.6) is 5.75 Å². The van der Waals surface area contributed by atoms with E-state index in [-0.39, 0.29) is 36.7 Å². The van der Waals surface area contributed by atoms with Crippen molar-refractivity contribution in [3.05, 3.63) is 102 Å². The molecule has 0 aromatic heterocycles. The van der Waals surface area contributed by atoms with Crippen LogP contribution in [0.3, 0.4) is 0 Å². The van der Waals surface area contributed by atoms with Crippen LogP contribution < -0.4 is 10.1 Å². The lowest BCUT2D eigenvalue weighted by Gasteiger charge is -2.23. The van der Waals surface area contributed by atoms with Gasteiger partial charge in [0.1, 0.15) is 5.75 Å². The second kappa shape index (κ2) is 16.3. The zero-order valence-corrected chi connectivity index (χ0v) is 25.4. The number of hydrogen-bond donors (Lipinski definition) is 1. The van der Waals surface area contributed by atoms with E-state index in [2.05, 4.69) is 5.32 Å². The molecule has 0 bridgehead atoms. The number of carbonyl (C=O) groups is 5. The van der Waals surface area contributed by atoms with Crippen LogP contribution in [-0.2, 0) is 32.0 Å². The highest BCUT2D eigenvalue weighted by molar-refractivity contribution is 6.38. The molecule has 0 spiro atoms. The van der Waals surface area contributed by atoms with Crippen molar-refractivity contribution >= 4 is 29.0 Å². The molecule has 0 aliphatic heterocycles. The first kappa shape index (κ1) is 33.1. The molecular weight excluding hydrogens is 542 g/mol. The first-order valence-corrected chi connectivity index (χ1v) is 14.7. The molecule has 0 saturated heterocycles. The van der Waals surface area contributed by atoms with Crippen LogP contribution in [0.2, 0.25) is 0 Å². The van der Waals surface area contributed by atoms with Crippen LogP contribution in [-0.4, -0.2) is 42.2 Å². The van der Waals surface area contributed by atoms with Gasteiger partial charge < -0.3 is 10.1 Å². The number of rotatable bonds is 17. The maximum absolute atomic E-state index is 13.4. The number of ketones is 4. The van der Waals surface area contributed by atoms with Gasteiger partial charge in [0.05, 0.1) is 13.2 Å². The van der Waals surface area contributed by atoms with Crippen molar-refractivity contribution in [3.63, 3.8) is 0 Å². The van der Waals surface area contributed by atoms with Gasteiger partial charge in [0, 0.05) is 36.7 Å². The number of hydrogen-bond acceptors (Lipinski definition) is 6. The SMILES string of the molecule is COc1ccc(CCC(=O)C(=O)[C@@H](CC(=O)[C@H](C)NC(=O)[C@@H](CC(=O)c2ccccc2)Cc2ccccc2)C(C)C)cc1. The van der Waals surface area contributed by atoms with E-state index in [1.54, 1.807) is 64.3 Å². The highest BCUT2D eigenvalue weighted by Gasteiger charge is 2.32. The molecule has 3 atom stereocenters. The predicted molar refractivity (Wildman–Crippen MR) is 166 cm³/mol. The third kappa shape index (κ3) is 10.1. The number of carbonyl (C=O) groups excluding carboxylic acids is 5. The maximum atomic E-state index is 13.4. The Morgan fingerprint density at radius 2 is 1.35 bits per heavy atom. The van der Waals surface area contributed by atoms with Gasteiger partial charge in [0.2, 0.25) is 11.7 Å². The Labute approximate surface area is 254 Å². The fourth-order valence-electron chi connectivity index (χ4n) is 4.94. The minimum absolute atomic E-state index is 0.0124. The highest BCUT2D eigenvalue weighted by Crippen LogP contribution is 2.21. The quantitative estimate of drug-likeness (QED) is 0.163. The van der Waals surface area contributed by atoms with Crippen molar-refractivity contribution < 1.29 is 28.7 Å². The molecule has 0 heterocycles. The summed E-state index contributed by atoms with van der Waals surface area (Å²) in [6.07, 6.45) is 0.623. The van der Waals surface area contributed by atoms with E-state index in [4.69, 9.17) is 4.74 Å². The number of ether oxygens (including phenoxy) is 1. The first-order valence-electron chi connectivity index (χ1n) is 14.7. The monoisotopic (exact) mass is 583 g/mol. The average molecular weight is 584 g/mol. The second-order valence-corrected chi connectivity index (χ2v) is 11.3. The summed E-state index contributed by atoms with van der Waals surface area (Å²) in [6.45, 7) is 5.19. The van der Waals surface area contributed by atoms with Gasteiger partial charge in [-0.15, -0.1) is 0 Å². The summed E-state index contributed by atoms with van der Waals surface area (Å²) >= 11 is 0. The van der Waals surface area contributed by atoms with Crippen molar-refractivity contribution in [1.29, 1.82) is 0 Å². The first-order chi connectivity index (χ1) is 20.6. The second-order valence-electron chi connectivity index (χ2n) is 11.3. The molecule has 1 amide bonds. The molecule has 43 heavy (non-hydrogen) atoms. The van der Waals surface area contributed by atoms with E-state index in [9.17, 15) is 24.0 Å². The number of methoxy groups -OCH3 is 1. The lowest BCUT2D eigenvalue weighted by atomic mass is 9.83. The van der Waals surface area contributed by atoms with Crippen LogP contribution >= 0.6 is 0 Å². The normalized spacial score (nSPS) is 13.0. The van der Waals surface area contributed by atoms with E-state index in [0.29, 0.717) is 24.2 Å². The van der Waals surface area contributed by atoms with E-state index >= 15 is 0 Å². The predicted octanol–water partition coefficient (Wildman–Crippen LogP) is 5.63. The largest absolute Gasteiger partial charge is 0.497 e. The number of nitrogens with one attached hydrogen (secondary N) is 1. The lowest BCUT2D eigenvalue weighted by molar-refractivity contribution is -0.141.